The molecule has 0 amide bonds. The summed E-state index contributed by atoms with van der Waals surface area (Å²) in [6.45, 7) is 13.5. The molecule has 0 bridgehead atoms. The van der Waals surface area contributed by atoms with Gasteiger partial charge in [0.1, 0.15) is 0 Å². The normalized spacial score (nSPS) is 13.6. The van der Waals surface area contributed by atoms with Crippen molar-refractivity contribution in [2.75, 3.05) is 0 Å². The Morgan fingerprint density at radius 2 is 0.958 bits per heavy atom. The van der Waals surface area contributed by atoms with Crippen molar-refractivity contribution < 1.29 is 9.47 Å². The molecule has 24 heavy (non-hydrogen) atoms. The number of rotatable bonds is 2. The van der Waals surface area contributed by atoms with Crippen molar-refractivity contribution in [3.63, 3.8) is 0 Å². The highest BCUT2D eigenvalue weighted by atomic mass is 16.6. The number of hydrogen-bond acceptors (Lipinski definition) is 2. The molecule has 0 saturated carbocycles. The summed E-state index contributed by atoms with van der Waals surface area (Å²) in [5, 5.41) is 0. The lowest BCUT2D eigenvalue weighted by Crippen LogP contribution is -2.10. The van der Waals surface area contributed by atoms with Crippen LogP contribution in [0.25, 0.3) is 0 Å². The Kier molecular flexibility index (Phi) is 4.11. The average Bonchev–Trinajstić information content (AvgIpc) is 2.41. The van der Waals surface area contributed by atoms with Gasteiger partial charge in [0.25, 0.3) is 0 Å². The van der Waals surface area contributed by atoms with Crippen LogP contribution in [0.5, 0.6) is 23.0 Å². The van der Waals surface area contributed by atoms with Gasteiger partial charge in [0.2, 0.25) is 0 Å². The van der Waals surface area contributed by atoms with Crippen LogP contribution in [0.1, 0.15) is 52.7 Å². The molecule has 2 heteroatoms. The number of hydrogen-bond donors (Lipinski definition) is 0. The Balaban J connectivity index is 1.86. The monoisotopic (exact) mass is 324 g/mol. The first-order chi connectivity index (χ1) is 11.1. The van der Waals surface area contributed by atoms with Crippen LogP contribution in [-0.2, 0) is 12.8 Å². The molecule has 0 radical (unpaired) electrons. The molecule has 0 N–H and O–H groups in total. The van der Waals surface area contributed by atoms with Crippen LogP contribution < -0.4 is 9.47 Å². The van der Waals surface area contributed by atoms with Crippen LogP contribution in [-0.4, -0.2) is 0 Å². The lowest BCUT2D eigenvalue weighted by molar-refractivity contribution is 0.355. The van der Waals surface area contributed by atoms with Crippen molar-refractivity contribution in [3.8, 4) is 23.0 Å². The van der Waals surface area contributed by atoms with Crippen molar-refractivity contribution in [1.29, 1.82) is 0 Å². The summed E-state index contributed by atoms with van der Waals surface area (Å²) in [6.07, 6.45) is 2.03. The van der Waals surface area contributed by atoms with Gasteiger partial charge in [0.05, 0.1) is 0 Å². The van der Waals surface area contributed by atoms with Crippen molar-refractivity contribution >= 4 is 0 Å². The van der Waals surface area contributed by atoms with Gasteiger partial charge in [-0.2, -0.15) is 0 Å². The molecule has 2 nitrogen and oxygen atoms in total. The van der Waals surface area contributed by atoms with E-state index in [4.69, 9.17) is 9.47 Å². The summed E-state index contributed by atoms with van der Waals surface area (Å²) in [6, 6.07) is 12.5. The van der Waals surface area contributed by atoms with E-state index in [2.05, 4.69) is 65.8 Å². The molecule has 0 spiro atoms. The highest BCUT2D eigenvalue weighted by Crippen LogP contribution is 2.46. The van der Waals surface area contributed by atoms with Gasteiger partial charge < -0.3 is 9.47 Å². The summed E-state index contributed by atoms with van der Waals surface area (Å²) in [7, 11) is 0. The van der Waals surface area contributed by atoms with Crippen LogP contribution in [0.3, 0.4) is 0 Å². The Labute approximate surface area is 145 Å². The largest absolute Gasteiger partial charge is 0.450 e. The minimum absolute atomic E-state index is 0.252. The highest BCUT2D eigenvalue weighted by molar-refractivity contribution is 5.56. The van der Waals surface area contributed by atoms with Crippen molar-refractivity contribution in [3.05, 3.63) is 47.5 Å². The summed E-state index contributed by atoms with van der Waals surface area (Å²) < 4.78 is 12.2. The Bertz CT molecular complexity index is 682. The fourth-order valence-corrected chi connectivity index (χ4v) is 3.11. The zero-order chi connectivity index (χ0) is 17.5. The molecular formula is C22H28O2. The zero-order valence-corrected chi connectivity index (χ0v) is 15.7. The maximum Gasteiger partial charge on any atom is 0.170 e. The van der Waals surface area contributed by atoms with Gasteiger partial charge in [-0.1, -0.05) is 53.7 Å². The predicted molar refractivity (Wildman–Crippen MR) is 99.4 cm³/mol. The van der Waals surface area contributed by atoms with Crippen LogP contribution in [0.15, 0.2) is 36.4 Å². The van der Waals surface area contributed by atoms with Crippen LogP contribution in [0, 0.1) is 10.8 Å². The molecule has 1 aliphatic heterocycles. The molecule has 2 aromatic rings. The van der Waals surface area contributed by atoms with Crippen molar-refractivity contribution in [2.24, 2.45) is 10.8 Å². The van der Waals surface area contributed by atoms with Gasteiger partial charge >= 0.3 is 0 Å². The third-order valence-electron chi connectivity index (χ3n) is 3.92. The lowest BCUT2D eigenvalue weighted by atomic mass is 9.88. The maximum atomic E-state index is 6.16. The molecule has 2 aromatic carbocycles. The van der Waals surface area contributed by atoms with Gasteiger partial charge in [-0.3, -0.25) is 0 Å². The molecule has 0 aromatic heterocycles. The quantitative estimate of drug-likeness (QED) is 0.518. The Morgan fingerprint density at radius 1 is 0.583 bits per heavy atom. The summed E-state index contributed by atoms with van der Waals surface area (Å²) in [5.74, 6) is 3.22. The molecule has 0 aliphatic carbocycles. The molecule has 0 fully saturated rings. The summed E-state index contributed by atoms with van der Waals surface area (Å²) in [5.41, 5.74) is 3.06. The van der Waals surface area contributed by atoms with Crippen LogP contribution in [0.4, 0.5) is 0 Å². The topological polar surface area (TPSA) is 18.5 Å². The van der Waals surface area contributed by atoms with Gasteiger partial charge in [0.15, 0.2) is 23.0 Å². The standard InChI is InChI=1S/C22H28O2/c1-21(2,3)13-15-7-9-17-19(11-15)24-20-12-16(14-22(4,5)6)8-10-18(20)23-17/h7-12H,13-14H2,1-6H3. The fourth-order valence-electron chi connectivity index (χ4n) is 3.11. The summed E-state index contributed by atoms with van der Waals surface area (Å²) in [4.78, 5) is 0. The van der Waals surface area contributed by atoms with E-state index in [-0.39, 0.29) is 10.8 Å². The molecule has 3 rings (SSSR count). The lowest BCUT2D eigenvalue weighted by Gasteiger charge is -2.24. The molecule has 1 aliphatic rings. The van der Waals surface area contributed by atoms with Crippen LogP contribution >= 0.6 is 0 Å². The zero-order valence-electron chi connectivity index (χ0n) is 15.7. The van der Waals surface area contributed by atoms with E-state index in [1.807, 2.05) is 12.1 Å². The number of fused-ring (bicyclic) bond motifs is 2. The molecule has 128 valence electrons. The Hall–Kier alpha value is -1.96. The second-order valence-electron chi connectivity index (χ2n) is 9.24. The number of ether oxygens (including phenoxy) is 2. The first-order valence-electron chi connectivity index (χ1n) is 8.71. The minimum atomic E-state index is 0.252. The SMILES string of the molecule is CC(C)(C)Cc1ccc2c(c1)Oc1cc(CC(C)(C)C)ccc1O2. The first kappa shape index (κ1) is 16.9. The van der Waals surface area contributed by atoms with E-state index in [1.165, 1.54) is 11.1 Å². The molecule has 0 atom stereocenters. The van der Waals surface area contributed by atoms with E-state index in [9.17, 15) is 0 Å². The Morgan fingerprint density at radius 3 is 1.33 bits per heavy atom. The predicted octanol–water partition coefficient (Wildman–Crippen LogP) is 6.76. The van der Waals surface area contributed by atoms with Gasteiger partial charge in [-0.05, 0) is 59.1 Å². The van der Waals surface area contributed by atoms with Crippen LogP contribution in [0.2, 0.25) is 0 Å². The van der Waals surface area contributed by atoms with Gasteiger partial charge in [0, 0.05) is 0 Å². The molecule has 0 saturated heterocycles. The third-order valence-corrected chi connectivity index (χ3v) is 3.92. The molecular weight excluding hydrogens is 296 g/mol. The van der Waals surface area contributed by atoms with E-state index < -0.39 is 0 Å². The van der Waals surface area contributed by atoms with Crippen molar-refractivity contribution in [2.45, 2.75) is 54.4 Å². The highest BCUT2D eigenvalue weighted by Gasteiger charge is 2.21. The van der Waals surface area contributed by atoms with E-state index >= 15 is 0 Å². The fraction of sp³-hybridized carbons (Fsp3) is 0.455. The second kappa shape index (κ2) is 5.84. The minimum Gasteiger partial charge on any atom is -0.450 e. The van der Waals surface area contributed by atoms with Gasteiger partial charge in [-0.15, -0.1) is 0 Å². The van der Waals surface area contributed by atoms with Crippen molar-refractivity contribution in [1.82, 2.24) is 0 Å². The second-order valence-corrected chi connectivity index (χ2v) is 9.24. The summed E-state index contributed by atoms with van der Waals surface area (Å²) >= 11 is 0. The number of benzene rings is 2. The maximum absolute atomic E-state index is 6.16. The molecule has 0 unspecified atom stereocenters. The average molecular weight is 324 g/mol. The first-order valence-corrected chi connectivity index (χ1v) is 8.71. The van der Waals surface area contributed by atoms with E-state index in [0.717, 1.165) is 35.8 Å². The third kappa shape index (κ3) is 4.11. The van der Waals surface area contributed by atoms with E-state index in [0.29, 0.717) is 0 Å². The smallest absolute Gasteiger partial charge is 0.170 e. The van der Waals surface area contributed by atoms with Gasteiger partial charge in [-0.25, -0.2) is 0 Å². The molecule has 1 heterocycles. The van der Waals surface area contributed by atoms with E-state index in [1.54, 1.807) is 0 Å².